The van der Waals surface area contributed by atoms with Gasteiger partial charge in [-0.25, -0.2) is 0 Å². The summed E-state index contributed by atoms with van der Waals surface area (Å²) < 4.78 is 0. The van der Waals surface area contributed by atoms with Crippen LogP contribution in [0.15, 0.2) is 59.5 Å². The van der Waals surface area contributed by atoms with Crippen LogP contribution in [-0.4, -0.2) is 16.9 Å². The predicted molar refractivity (Wildman–Crippen MR) is 108 cm³/mol. The Hall–Kier alpha value is -2.63. The van der Waals surface area contributed by atoms with Crippen LogP contribution in [0, 0.1) is 0 Å². The third-order valence-electron chi connectivity index (χ3n) is 5.02. The quantitative estimate of drug-likeness (QED) is 0.625. The molecule has 1 unspecified atom stereocenters. The highest BCUT2D eigenvalue weighted by Crippen LogP contribution is 2.29. The van der Waals surface area contributed by atoms with Gasteiger partial charge in [0, 0.05) is 17.6 Å². The number of aromatic nitrogens is 1. The molecule has 2 aromatic carbocycles. The van der Waals surface area contributed by atoms with Crippen LogP contribution in [0.2, 0.25) is 5.02 Å². The second kappa shape index (κ2) is 7.55. The molecule has 0 saturated heterocycles. The van der Waals surface area contributed by atoms with E-state index < -0.39 is 6.04 Å². The van der Waals surface area contributed by atoms with Crippen molar-refractivity contribution < 1.29 is 4.79 Å². The molecule has 1 fully saturated rings. The minimum Gasteiger partial charge on any atom is -0.329 e. The van der Waals surface area contributed by atoms with Gasteiger partial charge < -0.3 is 10.3 Å². The number of carbonyl (C=O) groups is 1. The first-order valence-corrected chi connectivity index (χ1v) is 9.42. The van der Waals surface area contributed by atoms with E-state index in [0.717, 1.165) is 23.8 Å². The number of aromatic amines is 1. The van der Waals surface area contributed by atoms with E-state index in [0.29, 0.717) is 22.1 Å². The fourth-order valence-corrected chi connectivity index (χ4v) is 3.50. The lowest BCUT2D eigenvalue weighted by molar-refractivity contribution is -0.118. The van der Waals surface area contributed by atoms with Crippen molar-refractivity contribution in [3.05, 3.63) is 75.7 Å². The molecule has 0 bridgehead atoms. The highest BCUT2D eigenvalue weighted by molar-refractivity contribution is 6.34. The average Bonchev–Trinajstić information content (AvgIpc) is 2.63. The van der Waals surface area contributed by atoms with Crippen molar-refractivity contribution in [3.63, 3.8) is 0 Å². The van der Waals surface area contributed by atoms with E-state index in [9.17, 15) is 9.59 Å². The van der Waals surface area contributed by atoms with Gasteiger partial charge >= 0.3 is 0 Å². The van der Waals surface area contributed by atoms with Crippen LogP contribution >= 0.6 is 11.6 Å². The van der Waals surface area contributed by atoms with Gasteiger partial charge in [0.2, 0.25) is 5.91 Å². The van der Waals surface area contributed by atoms with E-state index in [1.165, 1.54) is 6.42 Å². The summed E-state index contributed by atoms with van der Waals surface area (Å²) in [5.74, 6) is -0.167. The highest BCUT2D eigenvalue weighted by atomic mass is 35.5. The van der Waals surface area contributed by atoms with Gasteiger partial charge in [-0.05, 0) is 42.0 Å². The number of hydrogen-bond acceptors (Lipinski definition) is 3. The molecule has 1 aliphatic rings. The van der Waals surface area contributed by atoms with Crippen LogP contribution in [0.25, 0.3) is 10.8 Å². The van der Waals surface area contributed by atoms with Gasteiger partial charge in [-0.15, -0.1) is 0 Å². The van der Waals surface area contributed by atoms with Crippen LogP contribution < -0.4 is 16.2 Å². The maximum Gasteiger partial charge on any atom is 0.255 e. The number of nitrogens with one attached hydrogen (secondary N) is 3. The number of pyridine rings is 1. The summed E-state index contributed by atoms with van der Waals surface area (Å²) in [7, 11) is 0. The number of amides is 1. The monoisotopic (exact) mass is 381 g/mol. The summed E-state index contributed by atoms with van der Waals surface area (Å²) in [6, 6.07) is 14.7. The van der Waals surface area contributed by atoms with Crippen molar-refractivity contribution in [1.29, 1.82) is 0 Å². The number of halogens is 1. The summed E-state index contributed by atoms with van der Waals surface area (Å²) in [5.41, 5.74) is 1.20. The van der Waals surface area contributed by atoms with Crippen molar-refractivity contribution in [2.45, 2.75) is 31.3 Å². The number of H-pyrrole nitrogens is 1. The van der Waals surface area contributed by atoms with Gasteiger partial charge in [-0.2, -0.15) is 0 Å². The molecule has 0 aliphatic heterocycles. The molecule has 5 nitrogen and oxygen atoms in total. The van der Waals surface area contributed by atoms with E-state index in [1.807, 2.05) is 30.3 Å². The summed E-state index contributed by atoms with van der Waals surface area (Å²) in [4.78, 5) is 27.6. The van der Waals surface area contributed by atoms with Crippen LogP contribution in [0.1, 0.15) is 30.9 Å². The molecule has 3 N–H and O–H groups in total. The molecular formula is C21H20ClN3O2. The second-order valence-electron chi connectivity index (χ2n) is 6.85. The van der Waals surface area contributed by atoms with E-state index in [1.54, 1.807) is 24.4 Å². The fraction of sp³-hybridized carbons (Fsp3) is 0.238. The smallest absolute Gasteiger partial charge is 0.255 e. The lowest BCUT2D eigenvalue weighted by Crippen LogP contribution is -2.42. The van der Waals surface area contributed by atoms with E-state index >= 15 is 0 Å². The maximum atomic E-state index is 13.0. The largest absolute Gasteiger partial charge is 0.329 e. The number of fused-ring (bicyclic) bond motifs is 1. The third kappa shape index (κ3) is 3.75. The normalized spacial score (nSPS) is 15.3. The Morgan fingerprint density at radius 3 is 2.63 bits per heavy atom. The van der Waals surface area contributed by atoms with Gasteiger partial charge in [0.25, 0.3) is 5.56 Å². The number of carbonyl (C=O) groups excluding carboxylic acids is 1. The molecule has 0 spiro atoms. The van der Waals surface area contributed by atoms with E-state index in [-0.39, 0.29) is 11.5 Å². The Morgan fingerprint density at radius 1 is 1.15 bits per heavy atom. The summed E-state index contributed by atoms with van der Waals surface area (Å²) >= 11 is 6.33. The molecular weight excluding hydrogens is 362 g/mol. The first-order chi connectivity index (χ1) is 13.1. The number of rotatable bonds is 5. The van der Waals surface area contributed by atoms with Gasteiger partial charge in [0.05, 0.1) is 10.7 Å². The minimum atomic E-state index is -0.456. The molecule has 3 aromatic rings. The minimum absolute atomic E-state index is 0.167. The molecule has 1 heterocycles. The van der Waals surface area contributed by atoms with E-state index in [2.05, 4.69) is 15.6 Å². The van der Waals surface area contributed by atoms with Crippen LogP contribution in [0.4, 0.5) is 5.69 Å². The molecule has 1 aliphatic carbocycles. The van der Waals surface area contributed by atoms with Crippen LogP contribution in [0.3, 0.4) is 0 Å². The molecule has 6 heteroatoms. The molecule has 27 heavy (non-hydrogen) atoms. The Kier molecular flexibility index (Phi) is 4.97. The Balaban J connectivity index is 1.63. The average molecular weight is 382 g/mol. The standard InChI is InChI=1S/C21H20ClN3O2/c22-17-12-16-14(9-10-23-20(16)26)11-18(17)25-21(27)19(24-15-7-4-8-15)13-5-2-1-3-6-13/h1-3,5-6,9-12,15,19,24H,4,7-8H2,(H,23,26)(H,25,27). The lowest BCUT2D eigenvalue weighted by atomic mass is 9.91. The second-order valence-corrected chi connectivity index (χ2v) is 7.26. The zero-order valence-corrected chi connectivity index (χ0v) is 15.4. The molecule has 0 radical (unpaired) electrons. The zero-order chi connectivity index (χ0) is 18.8. The molecule has 1 atom stereocenters. The molecule has 4 rings (SSSR count). The molecule has 138 valence electrons. The zero-order valence-electron chi connectivity index (χ0n) is 14.7. The van der Waals surface area contributed by atoms with Gasteiger partial charge in [0.1, 0.15) is 6.04 Å². The van der Waals surface area contributed by atoms with Crippen LogP contribution in [0.5, 0.6) is 0 Å². The third-order valence-corrected chi connectivity index (χ3v) is 5.33. The summed E-state index contributed by atoms with van der Waals surface area (Å²) in [6.07, 6.45) is 4.92. The topological polar surface area (TPSA) is 74.0 Å². The first-order valence-electron chi connectivity index (χ1n) is 9.04. The van der Waals surface area contributed by atoms with Crippen molar-refractivity contribution in [3.8, 4) is 0 Å². The highest BCUT2D eigenvalue weighted by Gasteiger charge is 2.27. The van der Waals surface area contributed by atoms with Crippen molar-refractivity contribution in [2.24, 2.45) is 0 Å². The van der Waals surface area contributed by atoms with Crippen LogP contribution in [-0.2, 0) is 4.79 Å². The first kappa shape index (κ1) is 17.8. The Morgan fingerprint density at radius 2 is 1.93 bits per heavy atom. The summed E-state index contributed by atoms with van der Waals surface area (Å²) in [6.45, 7) is 0. The predicted octanol–water partition coefficient (Wildman–Crippen LogP) is 4.00. The number of benzene rings is 2. The molecule has 1 aromatic heterocycles. The molecule has 1 saturated carbocycles. The van der Waals surface area contributed by atoms with Gasteiger partial charge in [0.15, 0.2) is 0 Å². The lowest BCUT2D eigenvalue weighted by Gasteiger charge is -2.31. The van der Waals surface area contributed by atoms with Gasteiger partial charge in [-0.3, -0.25) is 14.9 Å². The maximum absolute atomic E-state index is 13.0. The fourth-order valence-electron chi connectivity index (χ4n) is 3.29. The van der Waals surface area contributed by atoms with E-state index in [4.69, 9.17) is 11.6 Å². The SMILES string of the molecule is O=C(Nc1cc2cc[nH]c(=O)c2cc1Cl)C(NC1CCC1)c1ccccc1. The van der Waals surface area contributed by atoms with Crippen molar-refractivity contribution >= 4 is 34.0 Å². The molecule has 1 amide bonds. The Bertz CT molecular complexity index is 1030. The number of hydrogen-bond donors (Lipinski definition) is 3. The van der Waals surface area contributed by atoms with Gasteiger partial charge in [-0.1, -0.05) is 48.4 Å². The number of anilines is 1. The Labute approximate surface area is 161 Å². The van der Waals surface area contributed by atoms with Crippen molar-refractivity contribution in [1.82, 2.24) is 10.3 Å². The van der Waals surface area contributed by atoms with Crippen molar-refractivity contribution in [2.75, 3.05) is 5.32 Å². The summed E-state index contributed by atoms with van der Waals surface area (Å²) in [5, 5.41) is 7.93.